The van der Waals surface area contributed by atoms with Crippen LogP contribution in [0.1, 0.15) is 19.4 Å². The highest BCUT2D eigenvalue weighted by atomic mass is 79.9. The average molecular weight is 356 g/mol. The lowest BCUT2D eigenvalue weighted by molar-refractivity contribution is -0.135. The van der Waals surface area contributed by atoms with Crippen LogP contribution in [-0.4, -0.2) is 31.4 Å². The fourth-order valence-electron chi connectivity index (χ4n) is 1.67. The fourth-order valence-corrected chi connectivity index (χ4v) is 1.90. The molecular formula is C15H18BrNO4. The lowest BCUT2D eigenvalue weighted by Crippen LogP contribution is -2.29. The SMILES string of the molecule is COc1ccc(CN(C=O)C(=O)C(Br)=C(C)C)cc1OC. The molecule has 0 aliphatic carbocycles. The van der Waals surface area contributed by atoms with Crippen molar-refractivity contribution in [2.24, 2.45) is 0 Å². The summed E-state index contributed by atoms with van der Waals surface area (Å²) in [7, 11) is 3.08. The normalized spacial score (nSPS) is 9.76. The molecule has 5 nitrogen and oxygen atoms in total. The Hall–Kier alpha value is -1.82. The van der Waals surface area contributed by atoms with Crippen molar-refractivity contribution in [1.82, 2.24) is 4.90 Å². The molecule has 2 amide bonds. The number of benzene rings is 1. The van der Waals surface area contributed by atoms with Crippen LogP contribution in [0.25, 0.3) is 0 Å². The Morgan fingerprint density at radius 3 is 2.33 bits per heavy atom. The van der Waals surface area contributed by atoms with Crippen LogP contribution in [0.5, 0.6) is 11.5 Å². The predicted octanol–water partition coefficient (Wildman–Crippen LogP) is 2.88. The molecule has 6 heteroatoms. The van der Waals surface area contributed by atoms with E-state index in [4.69, 9.17) is 9.47 Å². The van der Waals surface area contributed by atoms with Gasteiger partial charge in [-0.25, -0.2) is 0 Å². The zero-order valence-electron chi connectivity index (χ0n) is 12.5. The Labute approximate surface area is 132 Å². The zero-order valence-corrected chi connectivity index (χ0v) is 14.1. The Balaban J connectivity index is 3.00. The summed E-state index contributed by atoms with van der Waals surface area (Å²) in [6.45, 7) is 3.74. The quantitative estimate of drug-likeness (QED) is 0.581. The van der Waals surface area contributed by atoms with Crippen molar-refractivity contribution < 1.29 is 19.1 Å². The molecule has 0 heterocycles. The van der Waals surface area contributed by atoms with Crippen LogP contribution < -0.4 is 9.47 Å². The molecule has 0 aliphatic rings. The lowest BCUT2D eigenvalue weighted by atomic mass is 10.2. The molecule has 1 aromatic rings. The van der Waals surface area contributed by atoms with E-state index in [0.717, 1.165) is 16.0 Å². The molecule has 0 bridgehead atoms. The maximum atomic E-state index is 12.1. The summed E-state index contributed by atoms with van der Waals surface area (Å²) >= 11 is 3.20. The minimum absolute atomic E-state index is 0.158. The number of rotatable bonds is 6. The number of nitrogens with zero attached hydrogens (tertiary/aromatic N) is 1. The highest BCUT2D eigenvalue weighted by molar-refractivity contribution is 9.12. The van der Waals surface area contributed by atoms with E-state index >= 15 is 0 Å². The van der Waals surface area contributed by atoms with E-state index in [1.54, 1.807) is 39.2 Å². The Morgan fingerprint density at radius 1 is 1.24 bits per heavy atom. The number of imide groups is 1. The lowest BCUT2D eigenvalue weighted by Gasteiger charge is -2.17. The van der Waals surface area contributed by atoms with Gasteiger partial charge in [-0.15, -0.1) is 0 Å². The van der Waals surface area contributed by atoms with Crippen molar-refractivity contribution >= 4 is 28.2 Å². The first-order valence-corrected chi connectivity index (χ1v) is 7.04. The molecule has 0 aromatic heterocycles. The number of ether oxygens (including phenoxy) is 2. The number of carbonyl (C=O) groups excluding carboxylic acids is 2. The first kappa shape index (κ1) is 17.2. The van der Waals surface area contributed by atoms with E-state index in [9.17, 15) is 9.59 Å². The van der Waals surface area contributed by atoms with Crippen LogP contribution >= 0.6 is 15.9 Å². The van der Waals surface area contributed by atoms with Gasteiger partial charge in [0.2, 0.25) is 6.41 Å². The van der Waals surface area contributed by atoms with Gasteiger partial charge in [0.05, 0.1) is 25.2 Å². The molecule has 1 rings (SSSR count). The summed E-state index contributed by atoms with van der Waals surface area (Å²) in [5.41, 5.74) is 1.57. The molecule has 114 valence electrons. The number of hydrogen-bond donors (Lipinski definition) is 0. The minimum atomic E-state index is -0.375. The van der Waals surface area contributed by atoms with Gasteiger partial charge < -0.3 is 9.47 Å². The van der Waals surface area contributed by atoms with Gasteiger partial charge in [-0.05, 0) is 47.5 Å². The van der Waals surface area contributed by atoms with Gasteiger partial charge >= 0.3 is 0 Å². The van der Waals surface area contributed by atoms with Gasteiger partial charge in [-0.2, -0.15) is 0 Å². The van der Waals surface area contributed by atoms with Crippen LogP contribution in [0.2, 0.25) is 0 Å². The van der Waals surface area contributed by atoms with Crippen LogP contribution in [-0.2, 0) is 16.1 Å². The summed E-state index contributed by atoms with van der Waals surface area (Å²) in [4.78, 5) is 24.4. The van der Waals surface area contributed by atoms with E-state index in [1.165, 1.54) is 7.11 Å². The van der Waals surface area contributed by atoms with Crippen molar-refractivity contribution in [1.29, 1.82) is 0 Å². The molecule has 0 atom stereocenters. The van der Waals surface area contributed by atoms with E-state index in [-0.39, 0.29) is 12.5 Å². The zero-order chi connectivity index (χ0) is 16.0. The third-order valence-corrected chi connectivity index (χ3v) is 3.95. The maximum Gasteiger partial charge on any atom is 0.267 e. The summed E-state index contributed by atoms with van der Waals surface area (Å²) in [5.74, 6) is 0.769. The van der Waals surface area contributed by atoms with Gasteiger partial charge in [0, 0.05) is 0 Å². The predicted molar refractivity (Wildman–Crippen MR) is 83.5 cm³/mol. The van der Waals surface area contributed by atoms with Crippen molar-refractivity contribution in [3.63, 3.8) is 0 Å². The first-order chi connectivity index (χ1) is 9.94. The van der Waals surface area contributed by atoms with Crippen LogP contribution in [0.3, 0.4) is 0 Å². The molecule has 0 spiro atoms. The molecule has 0 aliphatic heterocycles. The highest BCUT2D eigenvalue weighted by Crippen LogP contribution is 2.28. The van der Waals surface area contributed by atoms with Crippen LogP contribution in [0.4, 0.5) is 0 Å². The van der Waals surface area contributed by atoms with Crippen LogP contribution in [0.15, 0.2) is 28.3 Å². The van der Waals surface area contributed by atoms with Crippen LogP contribution in [0, 0.1) is 0 Å². The number of hydrogen-bond acceptors (Lipinski definition) is 4. The Bertz CT molecular complexity index is 565. The molecule has 0 unspecified atom stereocenters. The average Bonchev–Trinajstić information content (AvgIpc) is 2.50. The molecular weight excluding hydrogens is 338 g/mol. The summed E-state index contributed by atoms with van der Waals surface area (Å²) in [5, 5.41) is 0. The second-order valence-electron chi connectivity index (χ2n) is 4.54. The number of halogens is 1. The van der Waals surface area contributed by atoms with E-state index < -0.39 is 0 Å². The van der Waals surface area contributed by atoms with Crippen molar-refractivity contribution in [3.8, 4) is 11.5 Å². The topological polar surface area (TPSA) is 55.8 Å². The smallest absolute Gasteiger partial charge is 0.267 e. The van der Waals surface area contributed by atoms with Crippen molar-refractivity contribution in [2.75, 3.05) is 14.2 Å². The molecule has 0 radical (unpaired) electrons. The summed E-state index contributed by atoms with van der Waals surface area (Å²) in [6, 6.07) is 5.25. The Morgan fingerprint density at radius 2 is 1.86 bits per heavy atom. The van der Waals surface area contributed by atoms with Crippen molar-refractivity contribution in [2.45, 2.75) is 20.4 Å². The molecule has 0 N–H and O–H groups in total. The van der Waals surface area contributed by atoms with Gasteiger partial charge in [0.25, 0.3) is 5.91 Å². The van der Waals surface area contributed by atoms with Crippen molar-refractivity contribution in [3.05, 3.63) is 33.8 Å². The molecule has 0 fully saturated rings. The van der Waals surface area contributed by atoms with Gasteiger partial charge in [-0.3, -0.25) is 14.5 Å². The minimum Gasteiger partial charge on any atom is -0.493 e. The summed E-state index contributed by atoms with van der Waals surface area (Å²) < 4.78 is 10.7. The maximum absolute atomic E-state index is 12.1. The first-order valence-electron chi connectivity index (χ1n) is 6.24. The number of allylic oxidation sites excluding steroid dienone is 1. The number of methoxy groups -OCH3 is 2. The number of carbonyl (C=O) groups is 2. The number of amides is 2. The third kappa shape index (κ3) is 4.32. The van der Waals surface area contributed by atoms with E-state index in [0.29, 0.717) is 22.4 Å². The Kier molecular flexibility index (Phi) is 6.42. The second-order valence-corrected chi connectivity index (χ2v) is 5.33. The molecule has 1 aromatic carbocycles. The fraction of sp³-hybridized carbons (Fsp3) is 0.333. The molecule has 21 heavy (non-hydrogen) atoms. The van der Waals surface area contributed by atoms with Gasteiger partial charge in [-0.1, -0.05) is 11.6 Å². The van der Waals surface area contributed by atoms with Gasteiger partial charge in [0.15, 0.2) is 11.5 Å². The van der Waals surface area contributed by atoms with Gasteiger partial charge in [0.1, 0.15) is 0 Å². The molecule has 0 saturated heterocycles. The molecule has 0 saturated carbocycles. The van der Waals surface area contributed by atoms with E-state index in [1.807, 2.05) is 0 Å². The van der Waals surface area contributed by atoms with E-state index in [2.05, 4.69) is 15.9 Å². The standard InChI is InChI=1S/C15H18BrNO4/c1-10(2)14(16)15(19)17(9-18)8-11-5-6-12(20-3)13(7-11)21-4/h5-7,9H,8H2,1-4H3. The highest BCUT2D eigenvalue weighted by Gasteiger charge is 2.18. The third-order valence-electron chi connectivity index (χ3n) is 2.82. The second kappa shape index (κ2) is 7.83. The summed E-state index contributed by atoms with van der Waals surface area (Å²) in [6.07, 6.45) is 0.517. The monoisotopic (exact) mass is 355 g/mol. The largest absolute Gasteiger partial charge is 0.493 e.